The number of nitrogens with zero attached hydrogens (tertiary/aromatic N) is 4. The third-order valence-corrected chi connectivity index (χ3v) is 3.81. The van der Waals surface area contributed by atoms with E-state index in [1.807, 2.05) is 19.1 Å². The molecule has 0 saturated heterocycles. The van der Waals surface area contributed by atoms with Crippen molar-refractivity contribution in [3.63, 3.8) is 0 Å². The van der Waals surface area contributed by atoms with Crippen molar-refractivity contribution in [2.75, 3.05) is 5.32 Å². The molecule has 7 nitrogen and oxygen atoms in total. The fourth-order valence-electron chi connectivity index (χ4n) is 2.63. The summed E-state index contributed by atoms with van der Waals surface area (Å²) in [5.74, 6) is 0. The standard InChI is InChI=1S/C17H13N5O2/c1-11(13-7-8-19-20-10-13)21-15-5-6-16(22(23)24)17-12(9-18)3-2-4-14(15)17/h2-8,10-11,21H,1H3. The molecule has 7 heteroatoms. The molecule has 3 aromatic rings. The zero-order valence-corrected chi connectivity index (χ0v) is 12.8. The monoisotopic (exact) mass is 319 g/mol. The normalized spacial score (nSPS) is 11.7. The molecule has 0 aliphatic carbocycles. The van der Waals surface area contributed by atoms with Crippen LogP contribution in [0.3, 0.4) is 0 Å². The Morgan fingerprint density at radius 3 is 2.75 bits per heavy atom. The lowest BCUT2D eigenvalue weighted by Gasteiger charge is -2.17. The van der Waals surface area contributed by atoms with Gasteiger partial charge in [-0.3, -0.25) is 10.1 Å². The first kappa shape index (κ1) is 15.4. The molecule has 1 atom stereocenters. The first-order chi connectivity index (χ1) is 11.6. The van der Waals surface area contributed by atoms with E-state index in [1.54, 1.807) is 36.7 Å². The second-order valence-electron chi connectivity index (χ2n) is 5.27. The van der Waals surface area contributed by atoms with Crippen molar-refractivity contribution in [1.29, 1.82) is 5.26 Å². The Balaban J connectivity index is 2.12. The fourth-order valence-corrected chi connectivity index (χ4v) is 2.63. The molecule has 1 N–H and O–H groups in total. The molecule has 1 heterocycles. The van der Waals surface area contributed by atoms with Crippen LogP contribution in [-0.2, 0) is 0 Å². The first-order valence-corrected chi connectivity index (χ1v) is 7.25. The molecule has 0 bridgehead atoms. The van der Waals surface area contributed by atoms with E-state index in [0.29, 0.717) is 10.8 Å². The third-order valence-electron chi connectivity index (χ3n) is 3.81. The number of hydrogen-bond acceptors (Lipinski definition) is 6. The van der Waals surface area contributed by atoms with Gasteiger partial charge in [0.05, 0.1) is 28.1 Å². The Labute approximate surface area is 137 Å². The summed E-state index contributed by atoms with van der Waals surface area (Å²) >= 11 is 0. The van der Waals surface area contributed by atoms with Crippen molar-refractivity contribution >= 4 is 22.1 Å². The van der Waals surface area contributed by atoms with Crippen molar-refractivity contribution in [3.05, 3.63) is 70.0 Å². The van der Waals surface area contributed by atoms with Crippen molar-refractivity contribution in [3.8, 4) is 6.07 Å². The van der Waals surface area contributed by atoms with Gasteiger partial charge in [0.25, 0.3) is 5.69 Å². The summed E-state index contributed by atoms with van der Waals surface area (Å²) in [6, 6.07) is 11.9. The average molecular weight is 319 g/mol. The Morgan fingerprint density at radius 2 is 2.08 bits per heavy atom. The summed E-state index contributed by atoms with van der Waals surface area (Å²) in [7, 11) is 0. The van der Waals surface area contributed by atoms with Gasteiger partial charge in [0.1, 0.15) is 6.07 Å². The van der Waals surface area contributed by atoms with E-state index in [4.69, 9.17) is 0 Å². The molecule has 0 aliphatic heterocycles. The van der Waals surface area contributed by atoms with Crippen molar-refractivity contribution in [2.24, 2.45) is 0 Å². The molecule has 1 aromatic heterocycles. The molecule has 0 radical (unpaired) electrons. The van der Waals surface area contributed by atoms with Gasteiger partial charge in [-0.1, -0.05) is 12.1 Å². The fraction of sp³-hybridized carbons (Fsp3) is 0.118. The zero-order valence-electron chi connectivity index (χ0n) is 12.8. The maximum absolute atomic E-state index is 11.3. The summed E-state index contributed by atoms with van der Waals surface area (Å²) in [5, 5.41) is 32.5. The lowest BCUT2D eigenvalue weighted by molar-refractivity contribution is -0.383. The number of nitrogens with one attached hydrogen (secondary N) is 1. The zero-order chi connectivity index (χ0) is 17.1. The summed E-state index contributed by atoms with van der Waals surface area (Å²) < 4.78 is 0. The van der Waals surface area contributed by atoms with Gasteiger partial charge in [0.15, 0.2) is 0 Å². The van der Waals surface area contributed by atoms with Crippen LogP contribution >= 0.6 is 0 Å². The molecule has 24 heavy (non-hydrogen) atoms. The van der Waals surface area contributed by atoms with Crippen LogP contribution in [0.4, 0.5) is 11.4 Å². The lowest BCUT2D eigenvalue weighted by Crippen LogP contribution is -2.08. The molecule has 2 aromatic carbocycles. The van der Waals surface area contributed by atoms with Gasteiger partial charge in [0, 0.05) is 23.3 Å². The number of nitriles is 1. The van der Waals surface area contributed by atoms with Gasteiger partial charge < -0.3 is 5.32 Å². The SMILES string of the molecule is CC(Nc1ccc([N+](=O)[O-])c2c(C#N)cccc12)c1ccnnc1. The topological polar surface area (TPSA) is 105 Å². The molecule has 3 rings (SSSR count). The number of nitro benzene ring substituents is 1. The third kappa shape index (κ3) is 2.73. The highest BCUT2D eigenvalue weighted by molar-refractivity contribution is 6.03. The number of anilines is 1. The van der Waals surface area contributed by atoms with Gasteiger partial charge in [-0.2, -0.15) is 15.5 Å². The summed E-state index contributed by atoms with van der Waals surface area (Å²) in [4.78, 5) is 10.8. The van der Waals surface area contributed by atoms with Gasteiger partial charge in [-0.25, -0.2) is 0 Å². The number of rotatable bonds is 4. The van der Waals surface area contributed by atoms with Gasteiger partial charge in [-0.15, -0.1) is 0 Å². The number of non-ortho nitro benzene ring substituents is 1. The van der Waals surface area contributed by atoms with Crippen LogP contribution in [0, 0.1) is 21.4 Å². The molecule has 0 amide bonds. The Kier molecular flexibility index (Phi) is 4.03. The highest BCUT2D eigenvalue weighted by atomic mass is 16.6. The molecule has 0 fully saturated rings. The number of aromatic nitrogens is 2. The highest BCUT2D eigenvalue weighted by Gasteiger charge is 2.18. The van der Waals surface area contributed by atoms with Crippen LogP contribution in [-0.4, -0.2) is 15.1 Å². The number of benzene rings is 2. The van der Waals surface area contributed by atoms with Gasteiger partial charge >= 0.3 is 0 Å². The predicted molar refractivity (Wildman–Crippen MR) is 89.4 cm³/mol. The van der Waals surface area contributed by atoms with E-state index in [-0.39, 0.29) is 17.3 Å². The number of nitro groups is 1. The van der Waals surface area contributed by atoms with E-state index in [1.165, 1.54) is 6.07 Å². The first-order valence-electron chi connectivity index (χ1n) is 7.25. The maximum atomic E-state index is 11.3. The minimum Gasteiger partial charge on any atom is -0.378 e. The second-order valence-corrected chi connectivity index (χ2v) is 5.27. The van der Waals surface area contributed by atoms with Crippen molar-refractivity contribution in [2.45, 2.75) is 13.0 Å². The second kappa shape index (κ2) is 6.30. The quantitative estimate of drug-likeness (QED) is 0.582. The Hall–Kier alpha value is -3.53. The van der Waals surface area contributed by atoms with Crippen LogP contribution in [0.15, 0.2) is 48.8 Å². The maximum Gasteiger partial charge on any atom is 0.278 e. The summed E-state index contributed by atoms with van der Waals surface area (Å²) in [5.41, 5.74) is 1.86. The lowest BCUT2D eigenvalue weighted by atomic mass is 10.0. The minimum absolute atomic E-state index is 0.0732. The van der Waals surface area contributed by atoms with E-state index < -0.39 is 4.92 Å². The van der Waals surface area contributed by atoms with Crippen molar-refractivity contribution in [1.82, 2.24) is 10.2 Å². The summed E-state index contributed by atoms with van der Waals surface area (Å²) in [6.07, 6.45) is 3.27. The summed E-state index contributed by atoms with van der Waals surface area (Å²) in [6.45, 7) is 1.96. The molecule has 1 unspecified atom stereocenters. The Morgan fingerprint density at radius 1 is 1.25 bits per heavy atom. The van der Waals surface area contributed by atoms with Crippen LogP contribution in [0.1, 0.15) is 24.1 Å². The van der Waals surface area contributed by atoms with E-state index >= 15 is 0 Å². The van der Waals surface area contributed by atoms with Crippen LogP contribution in [0.5, 0.6) is 0 Å². The molecule has 0 aliphatic rings. The average Bonchev–Trinajstić information content (AvgIpc) is 2.61. The van der Waals surface area contributed by atoms with Crippen LogP contribution in [0.2, 0.25) is 0 Å². The predicted octanol–water partition coefficient (Wildman–Crippen LogP) is 3.58. The molecular weight excluding hydrogens is 306 g/mol. The van der Waals surface area contributed by atoms with Crippen LogP contribution in [0.25, 0.3) is 10.8 Å². The molecule has 0 saturated carbocycles. The van der Waals surface area contributed by atoms with Crippen molar-refractivity contribution < 1.29 is 4.92 Å². The smallest absolute Gasteiger partial charge is 0.278 e. The minimum atomic E-state index is -0.469. The largest absolute Gasteiger partial charge is 0.378 e. The Bertz CT molecular complexity index is 950. The van der Waals surface area contributed by atoms with E-state index in [2.05, 4.69) is 15.5 Å². The van der Waals surface area contributed by atoms with Gasteiger partial charge in [0.2, 0.25) is 0 Å². The number of fused-ring (bicyclic) bond motifs is 1. The molecule has 0 spiro atoms. The van der Waals surface area contributed by atoms with E-state index in [9.17, 15) is 15.4 Å². The van der Waals surface area contributed by atoms with Crippen LogP contribution < -0.4 is 5.32 Å². The van der Waals surface area contributed by atoms with Gasteiger partial charge in [-0.05, 0) is 30.7 Å². The molecule has 118 valence electrons. The number of hydrogen-bond donors (Lipinski definition) is 1. The highest BCUT2D eigenvalue weighted by Crippen LogP contribution is 2.35. The molecular formula is C17H13N5O2. The van der Waals surface area contributed by atoms with E-state index in [0.717, 1.165) is 11.3 Å².